The number of para-hydroxylation sites is 1. The standard InChI is InChI=1S/C23H23NO4S2/c1-16-8-3-4-10-18(16)15-28-19-11-6-5-9-17(19)14-20-22(26)24(23(29)30-20)13-7-12-21(25)27-2/h3-6,8-11,14H,7,12-13,15H2,1-2H3/b20-14+. The number of aryl methyl sites for hydroxylation is 1. The zero-order valence-electron chi connectivity index (χ0n) is 16.9. The molecule has 0 aromatic heterocycles. The highest BCUT2D eigenvalue weighted by molar-refractivity contribution is 8.26. The Balaban J connectivity index is 1.70. The van der Waals surface area contributed by atoms with Gasteiger partial charge in [-0.1, -0.05) is 66.4 Å². The number of rotatable bonds is 8. The number of thioether (sulfide) groups is 1. The molecule has 0 radical (unpaired) electrons. The molecule has 0 atom stereocenters. The van der Waals surface area contributed by atoms with Crippen LogP contribution >= 0.6 is 24.0 Å². The summed E-state index contributed by atoms with van der Waals surface area (Å²) in [4.78, 5) is 26.2. The third-order valence-corrected chi connectivity index (χ3v) is 6.09. The van der Waals surface area contributed by atoms with Crippen LogP contribution in [0.25, 0.3) is 6.08 Å². The molecule has 1 aliphatic rings. The fourth-order valence-corrected chi connectivity index (χ4v) is 4.28. The summed E-state index contributed by atoms with van der Waals surface area (Å²) in [6, 6.07) is 15.7. The van der Waals surface area contributed by atoms with Crippen LogP contribution in [0.4, 0.5) is 0 Å². The Bertz CT molecular complexity index is 987. The lowest BCUT2D eigenvalue weighted by Gasteiger charge is -2.13. The lowest BCUT2D eigenvalue weighted by molar-refractivity contribution is -0.141. The molecule has 5 nitrogen and oxygen atoms in total. The van der Waals surface area contributed by atoms with Crippen molar-refractivity contribution in [3.05, 3.63) is 70.1 Å². The number of amides is 1. The van der Waals surface area contributed by atoms with Gasteiger partial charge in [0.2, 0.25) is 0 Å². The molecule has 156 valence electrons. The van der Waals surface area contributed by atoms with Crippen molar-refractivity contribution >= 4 is 46.3 Å². The molecule has 0 bridgehead atoms. The van der Waals surface area contributed by atoms with E-state index >= 15 is 0 Å². The van der Waals surface area contributed by atoms with Crippen LogP contribution in [0.2, 0.25) is 0 Å². The summed E-state index contributed by atoms with van der Waals surface area (Å²) < 4.78 is 11.2. The largest absolute Gasteiger partial charge is 0.488 e. The van der Waals surface area contributed by atoms with Gasteiger partial charge in [0.1, 0.15) is 16.7 Å². The smallest absolute Gasteiger partial charge is 0.305 e. The van der Waals surface area contributed by atoms with Gasteiger partial charge in [-0.15, -0.1) is 0 Å². The number of nitrogens with zero attached hydrogens (tertiary/aromatic N) is 1. The van der Waals surface area contributed by atoms with Crippen LogP contribution in [-0.2, 0) is 20.9 Å². The minimum absolute atomic E-state index is 0.149. The van der Waals surface area contributed by atoms with Crippen molar-refractivity contribution in [2.45, 2.75) is 26.4 Å². The summed E-state index contributed by atoms with van der Waals surface area (Å²) >= 11 is 6.62. The molecule has 1 fully saturated rings. The van der Waals surface area contributed by atoms with E-state index in [-0.39, 0.29) is 18.3 Å². The number of methoxy groups -OCH3 is 1. The van der Waals surface area contributed by atoms with Crippen LogP contribution < -0.4 is 4.74 Å². The molecule has 2 aromatic rings. The number of thiocarbonyl (C=S) groups is 1. The van der Waals surface area contributed by atoms with Gasteiger partial charge in [0.25, 0.3) is 5.91 Å². The van der Waals surface area contributed by atoms with E-state index in [0.29, 0.717) is 34.5 Å². The van der Waals surface area contributed by atoms with E-state index in [1.54, 1.807) is 0 Å². The SMILES string of the molecule is COC(=O)CCCN1C(=O)/C(=C\c2ccccc2OCc2ccccc2C)SC1=S. The van der Waals surface area contributed by atoms with Crippen LogP contribution in [0.1, 0.15) is 29.5 Å². The Morgan fingerprint density at radius 1 is 1.17 bits per heavy atom. The zero-order chi connectivity index (χ0) is 21.5. The lowest BCUT2D eigenvalue weighted by Crippen LogP contribution is -2.29. The molecule has 30 heavy (non-hydrogen) atoms. The molecule has 1 heterocycles. The van der Waals surface area contributed by atoms with E-state index in [0.717, 1.165) is 11.1 Å². The Hall–Kier alpha value is -2.64. The molecule has 1 aliphatic heterocycles. The number of carbonyl (C=O) groups excluding carboxylic acids is 2. The predicted octanol–water partition coefficient (Wildman–Crippen LogP) is 4.73. The van der Waals surface area contributed by atoms with Crippen molar-refractivity contribution in [1.82, 2.24) is 4.90 Å². The minimum atomic E-state index is -0.296. The summed E-state index contributed by atoms with van der Waals surface area (Å²) in [5.74, 6) is 0.260. The number of carbonyl (C=O) groups is 2. The molecule has 2 aromatic carbocycles. The second kappa shape index (κ2) is 10.4. The van der Waals surface area contributed by atoms with Crippen molar-refractivity contribution in [2.24, 2.45) is 0 Å². The number of benzene rings is 2. The first-order chi connectivity index (χ1) is 14.5. The molecular formula is C23H23NO4S2. The van der Waals surface area contributed by atoms with Gasteiger partial charge in [0, 0.05) is 18.5 Å². The van der Waals surface area contributed by atoms with E-state index in [1.807, 2.05) is 48.5 Å². The Labute approximate surface area is 186 Å². The van der Waals surface area contributed by atoms with Gasteiger partial charge in [-0.25, -0.2) is 0 Å². The third kappa shape index (κ3) is 5.49. The molecule has 0 saturated carbocycles. The topological polar surface area (TPSA) is 55.8 Å². The molecule has 1 amide bonds. The summed E-state index contributed by atoms with van der Waals surface area (Å²) in [5, 5.41) is 0. The molecular weight excluding hydrogens is 418 g/mol. The van der Waals surface area contributed by atoms with Crippen LogP contribution in [-0.4, -0.2) is 34.8 Å². The lowest BCUT2D eigenvalue weighted by atomic mass is 10.1. The van der Waals surface area contributed by atoms with Crippen LogP contribution in [0.5, 0.6) is 5.75 Å². The Morgan fingerprint density at radius 3 is 2.67 bits per heavy atom. The molecule has 0 aliphatic carbocycles. The normalized spacial score (nSPS) is 15.0. The molecule has 0 N–H and O–H groups in total. The average molecular weight is 442 g/mol. The van der Waals surface area contributed by atoms with Gasteiger partial charge in [0.05, 0.1) is 12.0 Å². The van der Waals surface area contributed by atoms with E-state index in [9.17, 15) is 9.59 Å². The number of hydrogen-bond donors (Lipinski definition) is 0. The van der Waals surface area contributed by atoms with E-state index in [4.69, 9.17) is 17.0 Å². The molecule has 0 spiro atoms. The van der Waals surface area contributed by atoms with E-state index in [1.165, 1.54) is 29.3 Å². The van der Waals surface area contributed by atoms with Crippen molar-refractivity contribution < 1.29 is 19.1 Å². The maximum absolute atomic E-state index is 12.8. The molecule has 0 unspecified atom stereocenters. The van der Waals surface area contributed by atoms with Crippen LogP contribution in [0, 0.1) is 6.92 Å². The monoisotopic (exact) mass is 441 g/mol. The second-order valence-electron chi connectivity index (χ2n) is 6.77. The minimum Gasteiger partial charge on any atom is -0.488 e. The maximum Gasteiger partial charge on any atom is 0.305 e. The third-order valence-electron chi connectivity index (χ3n) is 4.71. The van der Waals surface area contributed by atoms with Gasteiger partial charge in [0.15, 0.2) is 0 Å². The Morgan fingerprint density at radius 2 is 1.90 bits per heavy atom. The van der Waals surface area contributed by atoms with Crippen molar-refractivity contribution in [1.29, 1.82) is 0 Å². The highest BCUT2D eigenvalue weighted by Crippen LogP contribution is 2.34. The number of hydrogen-bond acceptors (Lipinski definition) is 6. The van der Waals surface area contributed by atoms with Gasteiger partial charge in [-0.3, -0.25) is 14.5 Å². The summed E-state index contributed by atoms with van der Waals surface area (Å²) in [6.45, 7) is 2.89. The fourth-order valence-electron chi connectivity index (χ4n) is 2.98. The highest BCUT2D eigenvalue weighted by Gasteiger charge is 2.31. The van der Waals surface area contributed by atoms with Gasteiger partial charge in [-0.2, -0.15) is 0 Å². The summed E-state index contributed by atoms with van der Waals surface area (Å²) in [6.07, 6.45) is 2.57. The summed E-state index contributed by atoms with van der Waals surface area (Å²) in [7, 11) is 1.35. The fraction of sp³-hybridized carbons (Fsp3) is 0.261. The Kier molecular flexibility index (Phi) is 7.65. The molecule has 3 rings (SSSR count). The van der Waals surface area contributed by atoms with Crippen molar-refractivity contribution in [3.8, 4) is 5.75 Å². The van der Waals surface area contributed by atoms with Crippen molar-refractivity contribution in [2.75, 3.05) is 13.7 Å². The highest BCUT2D eigenvalue weighted by atomic mass is 32.2. The van der Waals surface area contributed by atoms with Crippen LogP contribution in [0.3, 0.4) is 0 Å². The van der Waals surface area contributed by atoms with E-state index in [2.05, 4.69) is 17.7 Å². The van der Waals surface area contributed by atoms with Crippen molar-refractivity contribution in [3.63, 3.8) is 0 Å². The first kappa shape index (κ1) is 22.1. The van der Waals surface area contributed by atoms with Gasteiger partial charge >= 0.3 is 5.97 Å². The quantitative estimate of drug-likeness (QED) is 0.335. The zero-order valence-corrected chi connectivity index (χ0v) is 18.6. The molecule has 7 heteroatoms. The first-order valence-electron chi connectivity index (χ1n) is 9.58. The number of esters is 1. The number of ether oxygens (including phenoxy) is 2. The van der Waals surface area contributed by atoms with Gasteiger partial charge < -0.3 is 9.47 Å². The average Bonchev–Trinajstić information content (AvgIpc) is 3.01. The van der Waals surface area contributed by atoms with Crippen LogP contribution in [0.15, 0.2) is 53.4 Å². The van der Waals surface area contributed by atoms with Gasteiger partial charge in [-0.05, 0) is 36.6 Å². The molecule has 1 saturated heterocycles. The maximum atomic E-state index is 12.8. The summed E-state index contributed by atoms with van der Waals surface area (Å²) in [5.41, 5.74) is 3.10. The van der Waals surface area contributed by atoms with E-state index < -0.39 is 0 Å². The first-order valence-corrected chi connectivity index (χ1v) is 10.8. The second-order valence-corrected chi connectivity index (χ2v) is 8.44. The predicted molar refractivity (Wildman–Crippen MR) is 123 cm³/mol.